The Morgan fingerprint density at radius 3 is 2.89 bits per heavy atom. The van der Waals surface area contributed by atoms with Gasteiger partial charge in [0.2, 0.25) is 0 Å². The first-order valence-electron chi connectivity index (χ1n) is 6.80. The second kappa shape index (κ2) is 5.06. The van der Waals surface area contributed by atoms with Crippen molar-refractivity contribution in [3.05, 3.63) is 53.6 Å². The van der Waals surface area contributed by atoms with Crippen LogP contribution in [0.5, 0.6) is 5.75 Å². The molecule has 1 N–H and O–H groups in total. The van der Waals surface area contributed by atoms with Crippen molar-refractivity contribution >= 4 is 0 Å². The van der Waals surface area contributed by atoms with E-state index in [9.17, 15) is 0 Å². The monoisotopic (exact) mass is 253 g/mol. The quantitative estimate of drug-likeness (QED) is 0.905. The molecule has 0 amide bonds. The number of hydrogen-bond acceptors (Lipinski definition) is 2. The molecule has 0 spiro atoms. The van der Waals surface area contributed by atoms with Crippen molar-refractivity contribution in [1.29, 1.82) is 0 Å². The third kappa shape index (κ3) is 2.36. The van der Waals surface area contributed by atoms with Crippen molar-refractivity contribution < 1.29 is 4.74 Å². The van der Waals surface area contributed by atoms with E-state index in [1.54, 1.807) is 0 Å². The summed E-state index contributed by atoms with van der Waals surface area (Å²) >= 11 is 0. The lowest BCUT2D eigenvalue weighted by Crippen LogP contribution is -2.06. The van der Waals surface area contributed by atoms with Crippen LogP contribution in [-0.2, 0) is 13.0 Å². The van der Waals surface area contributed by atoms with Crippen LogP contribution in [0.3, 0.4) is 0 Å². The van der Waals surface area contributed by atoms with Gasteiger partial charge in [-0.1, -0.05) is 30.3 Å². The van der Waals surface area contributed by atoms with Gasteiger partial charge in [-0.3, -0.25) is 0 Å². The van der Waals surface area contributed by atoms with E-state index in [1.165, 1.54) is 22.3 Å². The average molecular weight is 253 g/mol. The van der Waals surface area contributed by atoms with Crippen molar-refractivity contribution in [2.75, 3.05) is 7.05 Å². The van der Waals surface area contributed by atoms with Crippen molar-refractivity contribution in [1.82, 2.24) is 5.32 Å². The summed E-state index contributed by atoms with van der Waals surface area (Å²) in [6, 6.07) is 15.1. The predicted molar refractivity (Wildman–Crippen MR) is 78.4 cm³/mol. The molecule has 1 aliphatic heterocycles. The van der Waals surface area contributed by atoms with Crippen LogP contribution in [0.25, 0.3) is 11.1 Å². The summed E-state index contributed by atoms with van der Waals surface area (Å²) in [5.74, 6) is 1.04. The Balaban J connectivity index is 2.01. The highest BCUT2D eigenvalue weighted by atomic mass is 16.5. The fourth-order valence-electron chi connectivity index (χ4n) is 2.74. The molecule has 0 saturated carbocycles. The Labute approximate surface area is 114 Å². The second-order valence-corrected chi connectivity index (χ2v) is 5.14. The van der Waals surface area contributed by atoms with Crippen molar-refractivity contribution in [2.45, 2.75) is 26.0 Å². The molecule has 2 heteroatoms. The standard InChI is InChI=1S/C17H19NO/c1-12-9-15-10-13(7-8-17(15)19-12)16-6-4-3-5-14(16)11-18-2/h3-8,10,12,18H,9,11H2,1-2H3. The lowest BCUT2D eigenvalue weighted by atomic mass is 9.97. The molecule has 98 valence electrons. The van der Waals surface area contributed by atoms with Gasteiger partial charge in [-0.15, -0.1) is 0 Å². The number of benzene rings is 2. The van der Waals surface area contributed by atoms with Gasteiger partial charge >= 0.3 is 0 Å². The highest BCUT2D eigenvalue weighted by Gasteiger charge is 2.19. The summed E-state index contributed by atoms with van der Waals surface area (Å²) < 4.78 is 5.76. The summed E-state index contributed by atoms with van der Waals surface area (Å²) in [4.78, 5) is 0. The van der Waals surface area contributed by atoms with Crippen LogP contribution in [0.2, 0.25) is 0 Å². The fraction of sp³-hybridized carbons (Fsp3) is 0.294. The lowest BCUT2D eigenvalue weighted by molar-refractivity contribution is 0.254. The molecule has 2 aromatic rings. The minimum absolute atomic E-state index is 0.304. The van der Waals surface area contributed by atoms with Gasteiger partial charge in [0.1, 0.15) is 11.9 Å². The molecule has 2 aromatic carbocycles. The summed E-state index contributed by atoms with van der Waals surface area (Å²) in [7, 11) is 1.98. The van der Waals surface area contributed by atoms with E-state index in [1.807, 2.05) is 7.05 Å². The smallest absolute Gasteiger partial charge is 0.123 e. The van der Waals surface area contributed by atoms with Crippen molar-refractivity contribution in [2.24, 2.45) is 0 Å². The molecule has 1 heterocycles. The van der Waals surface area contributed by atoms with E-state index >= 15 is 0 Å². The molecule has 0 aromatic heterocycles. The first-order valence-corrected chi connectivity index (χ1v) is 6.80. The van der Waals surface area contributed by atoms with E-state index < -0.39 is 0 Å². The molecule has 0 aliphatic carbocycles. The SMILES string of the molecule is CNCc1ccccc1-c1ccc2c(c1)CC(C)O2. The number of fused-ring (bicyclic) bond motifs is 1. The zero-order valence-electron chi connectivity index (χ0n) is 11.4. The van der Waals surface area contributed by atoms with Crippen LogP contribution in [0.4, 0.5) is 0 Å². The first-order chi connectivity index (χ1) is 9.28. The minimum Gasteiger partial charge on any atom is -0.490 e. The van der Waals surface area contributed by atoms with Gasteiger partial charge in [0.05, 0.1) is 0 Å². The average Bonchev–Trinajstić information content (AvgIpc) is 2.79. The number of nitrogens with one attached hydrogen (secondary N) is 1. The second-order valence-electron chi connectivity index (χ2n) is 5.14. The van der Waals surface area contributed by atoms with Crippen LogP contribution in [-0.4, -0.2) is 13.2 Å². The zero-order valence-corrected chi connectivity index (χ0v) is 11.4. The highest BCUT2D eigenvalue weighted by molar-refractivity contribution is 5.69. The van der Waals surface area contributed by atoms with Gasteiger partial charge in [0.15, 0.2) is 0 Å². The van der Waals surface area contributed by atoms with Gasteiger partial charge in [0.25, 0.3) is 0 Å². The maximum absolute atomic E-state index is 5.76. The zero-order chi connectivity index (χ0) is 13.2. The van der Waals surface area contributed by atoms with E-state index in [-0.39, 0.29) is 0 Å². The van der Waals surface area contributed by atoms with Crippen LogP contribution in [0, 0.1) is 0 Å². The molecule has 3 rings (SSSR count). The van der Waals surface area contributed by atoms with E-state index in [0.29, 0.717) is 6.10 Å². The molecule has 0 fully saturated rings. The molecule has 1 aliphatic rings. The molecule has 0 radical (unpaired) electrons. The maximum Gasteiger partial charge on any atom is 0.123 e. The molecule has 0 saturated heterocycles. The largest absolute Gasteiger partial charge is 0.490 e. The number of hydrogen-bond donors (Lipinski definition) is 1. The lowest BCUT2D eigenvalue weighted by Gasteiger charge is -2.10. The summed E-state index contributed by atoms with van der Waals surface area (Å²) in [6.45, 7) is 3.01. The van der Waals surface area contributed by atoms with Gasteiger partial charge in [-0.2, -0.15) is 0 Å². The van der Waals surface area contributed by atoms with Gasteiger partial charge in [-0.05, 0) is 48.4 Å². The Morgan fingerprint density at radius 1 is 1.21 bits per heavy atom. The first kappa shape index (κ1) is 12.2. The van der Waals surface area contributed by atoms with Crippen LogP contribution in [0.1, 0.15) is 18.1 Å². The Hall–Kier alpha value is -1.80. The summed E-state index contributed by atoms with van der Waals surface area (Å²) in [5.41, 5.74) is 5.24. The molecule has 0 bridgehead atoms. The maximum atomic E-state index is 5.76. The molecular weight excluding hydrogens is 234 g/mol. The number of ether oxygens (including phenoxy) is 1. The Morgan fingerprint density at radius 2 is 2.05 bits per heavy atom. The Bertz CT molecular complexity index is 592. The summed E-state index contributed by atoms with van der Waals surface area (Å²) in [5, 5.41) is 3.23. The van der Waals surface area contributed by atoms with Gasteiger partial charge in [-0.25, -0.2) is 0 Å². The molecule has 19 heavy (non-hydrogen) atoms. The van der Waals surface area contributed by atoms with Crippen LogP contribution < -0.4 is 10.1 Å². The highest BCUT2D eigenvalue weighted by Crippen LogP contribution is 2.33. The van der Waals surface area contributed by atoms with Crippen LogP contribution >= 0.6 is 0 Å². The normalized spacial score (nSPS) is 17.1. The van der Waals surface area contributed by atoms with Crippen molar-refractivity contribution in [3.63, 3.8) is 0 Å². The van der Waals surface area contributed by atoms with E-state index in [4.69, 9.17) is 4.74 Å². The Kier molecular flexibility index (Phi) is 3.26. The molecule has 1 unspecified atom stereocenters. The minimum atomic E-state index is 0.304. The van der Waals surface area contributed by atoms with E-state index in [2.05, 4.69) is 54.7 Å². The third-order valence-electron chi connectivity index (χ3n) is 3.59. The van der Waals surface area contributed by atoms with Crippen LogP contribution in [0.15, 0.2) is 42.5 Å². The van der Waals surface area contributed by atoms with Gasteiger partial charge in [0, 0.05) is 13.0 Å². The predicted octanol–water partition coefficient (Wildman–Crippen LogP) is 3.40. The topological polar surface area (TPSA) is 21.3 Å². The van der Waals surface area contributed by atoms with Crippen molar-refractivity contribution in [3.8, 4) is 16.9 Å². The summed E-state index contributed by atoms with van der Waals surface area (Å²) in [6.07, 6.45) is 1.31. The molecular formula is C17H19NO. The molecule has 1 atom stereocenters. The number of rotatable bonds is 3. The van der Waals surface area contributed by atoms with Gasteiger partial charge < -0.3 is 10.1 Å². The fourth-order valence-corrected chi connectivity index (χ4v) is 2.74. The van der Waals surface area contributed by atoms with E-state index in [0.717, 1.165) is 18.7 Å². The third-order valence-corrected chi connectivity index (χ3v) is 3.59. The molecule has 2 nitrogen and oxygen atoms in total.